The smallest absolute Gasteiger partial charge is 0.0590 e. The fourth-order valence-electron chi connectivity index (χ4n) is 2.71. The number of hydrogen-bond donors (Lipinski definition) is 1. The van der Waals surface area contributed by atoms with Crippen molar-refractivity contribution in [3.63, 3.8) is 0 Å². The van der Waals surface area contributed by atoms with E-state index >= 15 is 0 Å². The van der Waals surface area contributed by atoms with E-state index in [0.29, 0.717) is 6.04 Å². The molecule has 1 aliphatic carbocycles. The average Bonchev–Trinajstić information content (AvgIpc) is 2.57. The molecule has 0 fully saturated rings. The van der Waals surface area contributed by atoms with E-state index in [4.69, 9.17) is 0 Å². The Bertz CT molecular complexity index is 567. The first-order chi connectivity index (χ1) is 9.25. The highest BCUT2D eigenvalue weighted by molar-refractivity contribution is 5.85. The van der Waals surface area contributed by atoms with Gasteiger partial charge in [-0.05, 0) is 36.1 Å². The van der Waals surface area contributed by atoms with Crippen molar-refractivity contribution >= 4 is 24.6 Å². The van der Waals surface area contributed by atoms with Crippen LogP contribution in [-0.4, -0.2) is 6.04 Å². The molecule has 1 N–H and O–H groups in total. The van der Waals surface area contributed by atoms with Crippen molar-refractivity contribution in [1.82, 2.24) is 5.32 Å². The summed E-state index contributed by atoms with van der Waals surface area (Å²) in [6.45, 7) is 4.40. The number of fused-ring (bicyclic) bond motifs is 2. The molecule has 0 aliphatic heterocycles. The zero-order chi connectivity index (χ0) is 13.2. The van der Waals surface area contributed by atoms with Crippen LogP contribution in [0.4, 0.5) is 0 Å². The molecule has 1 aliphatic rings. The summed E-state index contributed by atoms with van der Waals surface area (Å²) in [5.74, 6) is 0. The maximum atomic E-state index is 3.69. The number of benzene rings is 2. The van der Waals surface area contributed by atoms with Gasteiger partial charge in [0.2, 0.25) is 0 Å². The second-order valence-electron chi connectivity index (χ2n) is 5.35. The largest absolute Gasteiger partial charge is 0.304 e. The Balaban J connectivity index is 0.00000147. The summed E-state index contributed by atoms with van der Waals surface area (Å²) in [7, 11) is 0. The Kier molecular flexibility index (Phi) is 4.64. The SMILES string of the molecule is CC(C)NC1c2ccccc2C=Cc2ccccc21.Cl. The lowest BCUT2D eigenvalue weighted by atomic mass is 9.93. The molecule has 2 aromatic carbocycles. The van der Waals surface area contributed by atoms with Crippen LogP contribution in [0.2, 0.25) is 0 Å². The van der Waals surface area contributed by atoms with Gasteiger partial charge in [0, 0.05) is 6.04 Å². The fraction of sp³-hybridized carbons (Fsp3) is 0.222. The number of nitrogens with one attached hydrogen (secondary N) is 1. The molecular formula is C18H20ClN. The predicted molar refractivity (Wildman–Crippen MR) is 89.2 cm³/mol. The van der Waals surface area contributed by atoms with Crippen LogP contribution in [0.5, 0.6) is 0 Å². The van der Waals surface area contributed by atoms with Crippen molar-refractivity contribution < 1.29 is 0 Å². The molecule has 0 bridgehead atoms. The Morgan fingerprint density at radius 2 is 1.25 bits per heavy atom. The summed E-state index contributed by atoms with van der Waals surface area (Å²) in [5.41, 5.74) is 5.32. The quantitative estimate of drug-likeness (QED) is 0.845. The van der Waals surface area contributed by atoms with Crippen molar-refractivity contribution in [3.8, 4) is 0 Å². The highest BCUT2D eigenvalue weighted by Crippen LogP contribution is 2.32. The maximum Gasteiger partial charge on any atom is 0.0590 e. The van der Waals surface area contributed by atoms with Gasteiger partial charge in [0.05, 0.1) is 6.04 Å². The van der Waals surface area contributed by atoms with E-state index in [2.05, 4.69) is 79.8 Å². The van der Waals surface area contributed by atoms with Crippen molar-refractivity contribution in [3.05, 3.63) is 70.8 Å². The van der Waals surface area contributed by atoms with E-state index in [1.807, 2.05) is 0 Å². The van der Waals surface area contributed by atoms with Gasteiger partial charge >= 0.3 is 0 Å². The first-order valence-corrected chi connectivity index (χ1v) is 6.87. The zero-order valence-corrected chi connectivity index (χ0v) is 12.7. The van der Waals surface area contributed by atoms with Crippen molar-refractivity contribution in [2.24, 2.45) is 0 Å². The Labute approximate surface area is 127 Å². The lowest BCUT2D eigenvalue weighted by Gasteiger charge is -2.24. The van der Waals surface area contributed by atoms with Gasteiger partial charge in [-0.15, -0.1) is 12.4 Å². The molecule has 0 aromatic heterocycles. The van der Waals surface area contributed by atoms with Crippen LogP contribution in [0, 0.1) is 0 Å². The van der Waals surface area contributed by atoms with Crippen LogP contribution >= 0.6 is 12.4 Å². The highest BCUT2D eigenvalue weighted by Gasteiger charge is 2.21. The Hall–Kier alpha value is -1.57. The monoisotopic (exact) mass is 285 g/mol. The van der Waals surface area contributed by atoms with E-state index in [1.54, 1.807) is 0 Å². The normalized spacial score (nSPS) is 13.3. The Morgan fingerprint density at radius 1 is 0.800 bits per heavy atom. The summed E-state index contributed by atoms with van der Waals surface area (Å²) in [6.07, 6.45) is 4.44. The van der Waals surface area contributed by atoms with E-state index in [9.17, 15) is 0 Å². The molecule has 20 heavy (non-hydrogen) atoms. The zero-order valence-electron chi connectivity index (χ0n) is 11.8. The average molecular weight is 286 g/mol. The van der Waals surface area contributed by atoms with Gasteiger partial charge in [0.1, 0.15) is 0 Å². The fourth-order valence-corrected chi connectivity index (χ4v) is 2.71. The van der Waals surface area contributed by atoms with E-state index < -0.39 is 0 Å². The molecule has 0 saturated heterocycles. The second-order valence-corrected chi connectivity index (χ2v) is 5.35. The highest BCUT2D eigenvalue weighted by atomic mass is 35.5. The predicted octanol–water partition coefficient (Wildman–Crippen LogP) is 4.68. The molecule has 0 unspecified atom stereocenters. The number of hydrogen-bond acceptors (Lipinski definition) is 1. The van der Waals surface area contributed by atoms with Crippen LogP contribution in [-0.2, 0) is 0 Å². The first-order valence-electron chi connectivity index (χ1n) is 6.87. The molecule has 3 rings (SSSR count). The third-order valence-corrected chi connectivity index (χ3v) is 3.56. The molecule has 0 amide bonds. The van der Waals surface area contributed by atoms with Gasteiger partial charge in [-0.3, -0.25) is 0 Å². The van der Waals surface area contributed by atoms with Gasteiger partial charge in [-0.1, -0.05) is 60.7 Å². The molecule has 2 heteroatoms. The van der Waals surface area contributed by atoms with Gasteiger partial charge in [-0.2, -0.15) is 0 Å². The van der Waals surface area contributed by atoms with Crippen LogP contribution in [0.1, 0.15) is 42.1 Å². The molecule has 1 nitrogen and oxygen atoms in total. The van der Waals surface area contributed by atoms with Crippen molar-refractivity contribution in [1.29, 1.82) is 0 Å². The standard InChI is InChI=1S/C18H19N.ClH/c1-13(2)19-18-16-9-5-3-7-14(16)11-12-15-8-4-6-10-17(15)18;/h3-13,18-19H,1-2H3;1H. The third kappa shape index (κ3) is 2.79. The minimum absolute atomic E-state index is 0. The van der Waals surface area contributed by atoms with Crippen LogP contribution in [0.15, 0.2) is 48.5 Å². The van der Waals surface area contributed by atoms with Crippen molar-refractivity contribution in [2.45, 2.75) is 25.9 Å². The van der Waals surface area contributed by atoms with Crippen LogP contribution in [0.25, 0.3) is 12.2 Å². The first kappa shape index (κ1) is 14.8. The molecule has 0 heterocycles. The van der Waals surface area contributed by atoms with E-state index in [-0.39, 0.29) is 18.4 Å². The van der Waals surface area contributed by atoms with Crippen LogP contribution < -0.4 is 5.32 Å². The number of rotatable bonds is 2. The second kappa shape index (κ2) is 6.25. The maximum absolute atomic E-state index is 3.69. The third-order valence-electron chi connectivity index (χ3n) is 3.56. The number of halogens is 1. The van der Waals surface area contributed by atoms with Crippen molar-refractivity contribution in [2.75, 3.05) is 0 Å². The molecule has 0 radical (unpaired) electrons. The lowest BCUT2D eigenvalue weighted by molar-refractivity contribution is 0.528. The van der Waals surface area contributed by atoms with Gasteiger partial charge in [-0.25, -0.2) is 0 Å². The summed E-state index contributed by atoms with van der Waals surface area (Å²) in [5, 5.41) is 3.69. The molecule has 0 atom stereocenters. The molecule has 104 valence electrons. The van der Waals surface area contributed by atoms with Gasteiger partial charge in [0.15, 0.2) is 0 Å². The topological polar surface area (TPSA) is 12.0 Å². The molecule has 0 saturated carbocycles. The summed E-state index contributed by atoms with van der Waals surface area (Å²) in [6, 6.07) is 18.0. The minimum Gasteiger partial charge on any atom is -0.304 e. The summed E-state index contributed by atoms with van der Waals surface area (Å²) >= 11 is 0. The molecule has 2 aromatic rings. The van der Waals surface area contributed by atoms with E-state index in [1.165, 1.54) is 22.3 Å². The van der Waals surface area contributed by atoms with E-state index in [0.717, 1.165) is 0 Å². The molecular weight excluding hydrogens is 266 g/mol. The lowest BCUT2D eigenvalue weighted by Crippen LogP contribution is -2.29. The Morgan fingerprint density at radius 3 is 1.70 bits per heavy atom. The molecule has 0 spiro atoms. The van der Waals surface area contributed by atoms with Gasteiger partial charge < -0.3 is 5.32 Å². The summed E-state index contributed by atoms with van der Waals surface area (Å²) < 4.78 is 0. The summed E-state index contributed by atoms with van der Waals surface area (Å²) in [4.78, 5) is 0. The minimum atomic E-state index is 0. The van der Waals surface area contributed by atoms with Gasteiger partial charge in [0.25, 0.3) is 0 Å². The van der Waals surface area contributed by atoms with Crippen LogP contribution in [0.3, 0.4) is 0 Å².